The lowest BCUT2D eigenvalue weighted by Crippen LogP contribution is -2.17. The Kier molecular flexibility index (Phi) is 5.40. The van der Waals surface area contributed by atoms with Crippen molar-refractivity contribution in [3.8, 4) is 0 Å². The molecule has 28 heavy (non-hydrogen) atoms. The fourth-order valence-corrected chi connectivity index (χ4v) is 3.17. The predicted molar refractivity (Wildman–Crippen MR) is 98.7 cm³/mol. The molecule has 0 fully saturated rings. The molecule has 1 N–H and O–H groups in total. The standard InChI is InChI=1S/C17H14Cl2F3N5O/c1-9-7-12(24-27(9)8-10-5-3-4-6-11(10)18)23-16(28)14-13(19)15(17(20,21)22)25-26(14)2/h3-7H,8H2,1-2H3,(H,23,24,28). The highest BCUT2D eigenvalue weighted by molar-refractivity contribution is 6.34. The Morgan fingerprint density at radius 1 is 1.21 bits per heavy atom. The van der Waals surface area contributed by atoms with Crippen molar-refractivity contribution in [1.82, 2.24) is 19.6 Å². The number of rotatable bonds is 4. The first-order valence-corrected chi connectivity index (χ1v) is 8.72. The van der Waals surface area contributed by atoms with Gasteiger partial charge in [-0.2, -0.15) is 23.4 Å². The van der Waals surface area contributed by atoms with E-state index in [-0.39, 0.29) is 5.82 Å². The minimum atomic E-state index is -4.76. The van der Waals surface area contributed by atoms with Gasteiger partial charge >= 0.3 is 6.18 Å². The maximum Gasteiger partial charge on any atom is 0.436 e. The number of nitrogens with one attached hydrogen (secondary N) is 1. The summed E-state index contributed by atoms with van der Waals surface area (Å²) in [5.41, 5.74) is -0.172. The van der Waals surface area contributed by atoms with Crippen molar-refractivity contribution in [3.05, 3.63) is 63.0 Å². The van der Waals surface area contributed by atoms with E-state index in [2.05, 4.69) is 15.5 Å². The lowest BCUT2D eigenvalue weighted by molar-refractivity contribution is -0.141. The van der Waals surface area contributed by atoms with Gasteiger partial charge in [-0.15, -0.1) is 0 Å². The second-order valence-electron chi connectivity index (χ2n) is 6.01. The second-order valence-corrected chi connectivity index (χ2v) is 6.79. The maximum absolute atomic E-state index is 12.9. The van der Waals surface area contributed by atoms with Crippen LogP contribution in [0.3, 0.4) is 0 Å². The number of amides is 1. The summed E-state index contributed by atoms with van der Waals surface area (Å²) in [5, 5.41) is 9.81. The van der Waals surface area contributed by atoms with Crippen LogP contribution in [0.15, 0.2) is 30.3 Å². The summed E-state index contributed by atoms with van der Waals surface area (Å²) in [7, 11) is 1.21. The monoisotopic (exact) mass is 431 g/mol. The summed E-state index contributed by atoms with van der Waals surface area (Å²) in [6.45, 7) is 2.14. The van der Waals surface area contributed by atoms with E-state index in [9.17, 15) is 18.0 Å². The molecule has 0 saturated heterocycles. The lowest BCUT2D eigenvalue weighted by Gasteiger charge is -2.06. The summed E-state index contributed by atoms with van der Waals surface area (Å²) < 4.78 is 41.1. The summed E-state index contributed by atoms with van der Waals surface area (Å²) in [6.07, 6.45) is -4.76. The number of halogens is 5. The third-order valence-corrected chi connectivity index (χ3v) is 4.70. The Morgan fingerprint density at radius 3 is 2.50 bits per heavy atom. The van der Waals surface area contributed by atoms with E-state index in [4.69, 9.17) is 23.2 Å². The van der Waals surface area contributed by atoms with Gasteiger partial charge in [0.05, 0.1) is 6.54 Å². The Morgan fingerprint density at radius 2 is 1.89 bits per heavy atom. The molecule has 0 atom stereocenters. The molecule has 0 unspecified atom stereocenters. The maximum atomic E-state index is 12.9. The van der Waals surface area contributed by atoms with Gasteiger partial charge in [-0.05, 0) is 18.6 Å². The van der Waals surface area contributed by atoms with Gasteiger partial charge in [-0.3, -0.25) is 14.2 Å². The zero-order valence-corrected chi connectivity index (χ0v) is 16.2. The van der Waals surface area contributed by atoms with Gasteiger partial charge in [0.2, 0.25) is 0 Å². The number of carbonyl (C=O) groups is 1. The van der Waals surface area contributed by atoms with Crippen molar-refractivity contribution in [2.45, 2.75) is 19.6 Å². The van der Waals surface area contributed by atoms with Crippen LogP contribution in [0.5, 0.6) is 0 Å². The van der Waals surface area contributed by atoms with E-state index < -0.39 is 28.5 Å². The van der Waals surface area contributed by atoms with Crippen LogP contribution in [0, 0.1) is 6.92 Å². The third kappa shape index (κ3) is 4.00. The molecule has 0 aliphatic rings. The molecule has 3 rings (SSSR count). The summed E-state index contributed by atoms with van der Waals surface area (Å²) in [4.78, 5) is 12.4. The Bertz CT molecular complexity index is 1040. The topological polar surface area (TPSA) is 64.7 Å². The molecule has 2 aromatic heterocycles. The first-order chi connectivity index (χ1) is 13.1. The van der Waals surface area contributed by atoms with Crippen LogP contribution in [-0.4, -0.2) is 25.5 Å². The number of hydrogen-bond acceptors (Lipinski definition) is 3. The summed E-state index contributed by atoms with van der Waals surface area (Å²) >= 11 is 11.9. The number of carbonyl (C=O) groups excluding carboxylic acids is 1. The highest BCUT2D eigenvalue weighted by atomic mass is 35.5. The Balaban J connectivity index is 1.83. The molecule has 0 spiro atoms. The third-order valence-electron chi connectivity index (χ3n) is 3.97. The van der Waals surface area contributed by atoms with Crippen molar-refractivity contribution >= 4 is 34.9 Å². The normalized spacial score (nSPS) is 11.7. The fraction of sp³-hybridized carbons (Fsp3) is 0.235. The zero-order chi connectivity index (χ0) is 20.6. The van der Waals surface area contributed by atoms with Crippen molar-refractivity contribution in [3.63, 3.8) is 0 Å². The van der Waals surface area contributed by atoms with E-state index in [1.54, 1.807) is 29.8 Å². The highest BCUT2D eigenvalue weighted by Gasteiger charge is 2.39. The van der Waals surface area contributed by atoms with Gasteiger partial charge < -0.3 is 5.32 Å². The van der Waals surface area contributed by atoms with E-state index in [1.165, 1.54) is 7.05 Å². The number of aryl methyl sites for hydroxylation is 2. The molecule has 1 aromatic carbocycles. The molecule has 11 heteroatoms. The van der Waals surface area contributed by atoms with E-state index in [1.807, 2.05) is 12.1 Å². The number of nitrogens with zero attached hydrogens (tertiary/aromatic N) is 4. The molecular weight excluding hydrogens is 418 g/mol. The Labute approximate surface area is 167 Å². The number of benzene rings is 1. The molecule has 6 nitrogen and oxygen atoms in total. The van der Waals surface area contributed by atoms with Crippen LogP contribution >= 0.6 is 23.2 Å². The van der Waals surface area contributed by atoms with Crippen LogP contribution in [0.4, 0.5) is 19.0 Å². The van der Waals surface area contributed by atoms with Gasteiger partial charge in [-0.25, -0.2) is 0 Å². The van der Waals surface area contributed by atoms with Crippen molar-refractivity contribution in [2.75, 3.05) is 5.32 Å². The number of aromatic nitrogens is 4. The van der Waals surface area contributed by atoms with Crippen LogP contribution in [-0.2, 0) is 19.8 Å². The van der Waals surface area contributed by atoms with Gasteiger partial charge in [0.15, 0.2) is 11.5 Å². The van der Waals surface area contributed by atoms with Crippen LogP contribution in [0.1, 0.15) is 27.4 Å². The zero-order valence-electron chi connectivity index (χ0n) is 14.7. The largest absolute Gasteiger partial charge is 0.436 e. The lowest BCUT2D eigenvalue weighted by atomic mass is 10.2. The van der Waals surface area contributed by atoms with Crippen molar-refractivity contribution < 1.29 is 18.0 Å². The average Bonchev–Trinajstić information content (AvgIpc) is 3.08. The molecule has 0 saturated carbocycles. The van der Waals surface area contributed by atoms with Gasteiger partial charge in [0.1, 0.15) is 10.7 Å². The minimum absolute atomic E-state index is 0.167. The van der Waals surface area contributed by atoms with Crippen LogP contribution in [0.25, 0.3) is 0 Å². The minimum Gasteiger partial charge on any atom is -0.304 e. The Hall–Kier alpha value is -2.52. The van der Waals surface area contributed by atoms with Crippen molar-refractivity contribution in [2.24, 2.45) is 7.05 Å². The number of hydrogen-bond donors (Lipinski definition) is 1. The first kappa shape index (κ1) is 20.2. The van der Waals surface area contributed by atoms with E-state index in [0.29, 0.717) is 11.6 Å². The van der Waals surface area contributed by atoms with Crippen LogP contribution < -0.4 is 5.32 Å². The first-order valence-electron chi connectivity index (χ1n) is 7.97. The van der Waals surface area contributed by atoms with Gasteiger partial charge in [0.25, 0.3) is 5.91 Å². The van der Waals surface area contributed by atoms with Gasteiger partial charge in [-0.1, -0.05) is 41.4 Å². The smallest absolute Gasteiger partial charge is 0.304 e. The van der Waals surface area contributed by atoms with Crippen molar-refractivity contribution in [1.29, 1.82) is 0 Å². The summed E-state index contributed by atoms with van der Waals surface area (Å²) in [6, 6.07) is 8.83. The average molecular weight is 432 g/mol. The molecular formula is C17H14Cl2F3N5O. The molecule has 0 aliphatic carbocycles. The molecule has 1 amide bonds. The second kappa shape index (κ2) is 7.48. The van der Waals surface area contributed by atoms with Crippen LogP contribution in [0.2, 0.25) is 10.0 Å². The van der Waals surface area contributed by atoms with Gasteiger partial charge in [0, 0.05) is 23.8 Å². The van der Waals surface area contributed by atoms with E-state index in [0.717, 1.165) is 15.9 Å². The molecule has 0 radical (unpaired) electrons. The SMILES string of the molecule is Cc1cc(NC(=O)c2c(Cl)c(C(F)(F)F)nn2C)nn1Cc1ccccc1Cl. The quantitative estimate of drug-likeness (QED) is 0.658. The van der Waals surface area contributed by atoms with E-state index >= 15 is 0 Å². The molecule has 2 heterocycles. The molecule has 0 aliphatic heterocycles. The predicted octanol–water partition coefficient (Wildman–Crippen LogP) is 4.55. The number of alkyl halides is 3. The number of anilines is 1. The fourth-order valence-electron chi connectivity index (χ4n) is 2.62. The summed E-state index contributed by atoms with van der Waals surface area (Å²) in [5.74, 6) is -0.682. The molecule has 3 aromatic rings. The molecule has 148 valence electrons. The molecule has 0 bridgehead atoms. The highest BCUT2D eigenvalue weighted by Crippen LogP contribution is 2.35.